The first-order valence-electron chi connectivity index (χ1n) is 10.5. The molecule has 0 spiro atoms. The molecule has 2 atom stereocenters. The average Bonchev–Trinajstić information content (AvgIpc) is 3.53. The van der Waals surface area contributed by atoms with Gasteiger partial charge in [-0.1, -0.05) is 36.4 Å². The zero-order chi connectivity index (χ0) is 22.5. The zero-order valence-electron chi connectivity index (χ0n) is 18.1. The maximum absolute atomic E-state index is 13.3. The van der Waals surface area contributed by atoms with Crippen LogP contribution in [0.4, 0.5) is 0 Å². The van der Waals surface area contributed by atoms with E-state index in [4.69, 9.17) is 9.47 Å². The molecule has 0 saturated carbocycles. The number of hydrogen-bond acceptors (Lipinski definition) is 5. The summed E-state index contributed by atoms with van der Waals surface area (Å²) < 4.78 is 11.0. The summed E-state index contributed by atoms with van der Waals surface area (Å²) >= 11 is 1.41. The van der Waals surface area contributed by atoms with Crippen LogP contribution >= 0.6 is 11.3 Å². The second-order valence-corrected chi connectivity index (χ2v) is 8.66. The number of hydrogen-bond donors (Lipinski definition) is 1. The molecule has 4 rings (SSSR count). The number of carbonyl (C=O) groups is 2. The van der Waals surface area contributed by atoms with E-state index in [0.29, 0.717) is 36.0 Å². The Morgan fingerprint density at radius 2 is 1.84 bits per heavy atom. The molecule has 1 fully saturated rings. The molecule has 0 aliphatic carbocycles. The Labute approximate surface area is 191 Å². The molecule has 32 heavy (non-hydrogen) atoms. The molecular weight excluding hydrogens is 424 g/mol. The first-order chi connectivity index (χ1) is 15.6. The Morgan fingerprint density at radius 3 is 2.53 bits per heavy atom. The predicted molar refractivity (Wildman–Crippen MR) is 124 cm³/mol. The topological polar surface area (TPSA) is 67.9 Å². The van der Waals surface area contributed by atoms with Crippen LogP contribution < -0.4 is 14.8 Å². The van der Waals surface area contributed by atoms with Crippen LogP contribution in [-0.2, 0) is 11.3 Å². The van der Waals surface area contributed by atoms with Gasteiger partial charge in [-0.2, -0.15) is 0 Å². The van der Waals surface area contributed by atoms with E-state index in [1.54, 1.807) is 19.1 Å². The summed E-state index contributed by atoms with van der Waals surface area (Å²) in [5, 5.41) is 4.94. The molecule has 1 saturated heterocycles. The molecule has 3 aromatic rings. The maximum atomic E-state index is 13.3. The average molecular weight is 451 g/mol. The minimum atomic E-state index is -0.399. The monoisotopic (exact) mass is 450 g/mol. The van der Waals surface area contributed by atoms with Crippen LogP contribution in [0.1, 0.15) is 26.7 Å². The van der Waals surface area contributed by atoms with Gasteiger partial charge >= 0.3 is 0 Å². The van der Waals surface area contributed by atoms with Crippen LogP contribution in [0.15, 0.2) is 66.0 Å². The van der Waals surface area contributed by atoms with Crippen molar-refractivity contribution in [2.45, 2.75) is 12.5 Å². The minimum Gasteiger partial charge on any atom is -0.497 e. The van der Waals surface area contributed by atoms with Crippen LogP contribution in [0.3, 0.4) is 0 Å². The van der Waals surface area contributed by atoms with Gasteiger partial charge in [-0.3, -0.25) is 9.59 Å². The first-order valence-corrected chi connectivity index (χ1v) is 11.3. The highest BCUT2D eigenvalue weighted by molar-refractivity contribution is 7.12. The zero-order valence-corrected chi connectivity index (χ0v) is 18.9. The van der Waals surface area contributed by atoms with E-state index < -0.39 is 5.92 Å². The SMILES string of the molecule is COc1ccc(OC)c([C@H]2CN(C(=O)c3cccs3)C[C@H]2C(=O)NCc2ccccc2)c1. The molecule has 166 valence electrons. The number of likely N-dealkylation sites (tertiary alicyclic amines) is 1. The number of ether oxygens (including phenoxy) is 2. The van der Waals surface area contributed by atoms with Gasteiger partial charge in [-0.15, -0.1) is 11.3 Å². The fraction of sp³-hybridized carbons (Fsp3) is 0.280. The largest absolute Gasteiger partial charge is 0.497 e. The van der Waals surface area contributed by atoms with Crippen molar-refractivity contribution in [2.75, 3.05) is 27.3 Å². The van der Waals surface area contributed by atoms with E-state index in [-0.39, 0.29) is 17.7 Å². The van der Waals surface area contributed by atoms with Gasteiger partial charge < -0.3 is 19.7 Å². The fourth-order valence-electron chi connectivity index (χ4n) is 4.15. The van der Waals surface area contributed by atoms with Crippen molar-refractivity contribution >= 4 is 23.2 Å². The summed E-state index contributed by atoms with van der Waals surface area (Å²) in [7, 11) is 3.22. The van der Waals surface area contributed by atoms with E-state index in [2.05, 4.69) is 5.32 Å². The van der Waals surface area contributed by atoms with E-state index >= 15 is 0 Å². The number of nitrogens with one attached hydrogen (secondary N) is 1. The molecule has 2 amide bonds. The molecule has 0 bridgehead atoms. The van der Waals surface area contributed by atoms with Crippen molar-refractivity contribution in [1.29, 1.82) is 0 Å². The van der Waals surface area contributed by atoms with E-state index in [1.807, 2.05) is 66.0 Å². The normalized spacial score (nSPS) is 17.8. The first kappa shape index (κ1) is 21.9. The number of rotatable bonds is 7. The number of methoxy groups -OCH3 is 2. The summed E-state index contributed by atoms with van der Waals surface area (Å²) in [4.78, 5) is 28.8. The van der Waals surface area contributed by atoms with E-state index in [9.17, 15) is 9.59 Å². The lowest BCUT2D eigenvalue weighted by molar-refractivity contribution is -0.125. The lowest BCUT2D eigenvalue weighted by Gasteiger charge is -2.21. The number of nitrogens with zero attached hydrogens (tertiary/aromatic N) is 1. The molecule has 2 aromatic carbocycles. The molecule has 0 unspecified atom stereocenters. The van der Waals surface area contributed by atoms with Crippen LogP contribution in [-0.4, -0.2) is 44.0 Å². The van der Waals surface area contributed by atoms with Crippen LogP contribution in [0.25, 0.3) is 0 Å². The molecule has 1 aromatic heterocycles. The van der Waals surface area contributed by atoms with Crippen molar-refractivity contribution in [1.82, 2.24) is 10.2 Å². The molecule has 6 nitrogen and oxygen atoms in total. The summed E-state index contributed by atoms with van der Waals surface area (Å²) in [6.45, 7) is 1.23. The predicted octanol–water partition coefficient (Wildman–Crippen LogP) is 3.94. The smallest absolute Gasteiger partial charge is 0.263 e. The lowest BCUT2D eigenvalue weighted by Crippen LogP contribution is -2.35. The van der Waals surface area contributed by atoms with Gasteiger partial charge in [-0.25, -0.2) is 0 Å². The summed E-state index contributed by atoms with van der Waals surface area (Å²) in [6.07, 6.45) is 0. The fourth-order valence-corrected chi connectivity index (χ4v) is 4.84. The molecule has 0 radical (unpaired) electrons. The highest BCUT2D eigenvalue weighted by Gasteiger charge is 2.42. The highest BCUT2D eigenvalue weighted by atomic mass is 32.1. The van der Waals surface area contributed by atoms with Gasteiger partial charge in [0.15, 0.2) is 0 Å². The van der Waals surface area contributed by atoms with Crippen molar-refractivity contribution in [2.24, 2.45) is 5.92 Å². The Hall–Kier alpha value is -3.32. The second kappa shape index (κ2) is 9.87. The van der Waals surface area contributed by atoms with Crippen LogP contribution in [0.2, 0.25) is 0 Å². The van der Waals surface area contributed by atoms with Gasteiger partial charge in [0, 0.05) is 31.1 Å². The van der Waals surface area contributed by atoms with Crippen molar-refractivity contribution < 1.29 is 19.1 Å². The molecular formula is C25H26N2O4S. The quantitative estimate of drug-likeness (QED) is 0.592. The van der Waals surface area contributed by atoms with Gasteiger partial charge in [-0.05, 0) is 35.2 Å². The van der Waals surface area contributed by atoms with Crippen molar-refractivity contribution in [3.05, 3.63) is 82.0 Å². The Balaban J connectivity index is 1.61. The summed E-state index contributed by atoms with van der Waals surface area (Å²) in [6, 6.07) is 19.0. The summed E-state index contributed by atoms with van der Waals surface area (Å²) in [5.41, 5.74) is 1.90. The van der Waals surface area contributed by atoms with Gasteiger partial charge in [0.2, 0.25) is 5.91 Å². The molecule has 2 heterocycles. The number of benzene rings is 2. The Kier molecular flexibility index (Phi) is 6.75. The summed E-state index contributed by atoms with van der Waals surface area (Å²) in [5.74, 6) is 0.633. The number of amides is 2. The lowest BCUT2D eigenvalue weighted by atomic mass is 9.87. The Morgan fingerprint density at radius 1 is 1.03 bits per heavy atom. The maximum Gasteiger partial charge on any atom is 0.263 e. The highest BCUT2D eigenvalue weighted by Crippen LogP contribution is 2.40. The molecule has 1 aliphatic heterocycles. The Bertz CT molecular complexity index is 1070. The van der Waals surface area contributed by atoms with Gasteiger partial charge in [0.05, 0.1) is 25.0 Å². The second-order valence-electron chi connectivity index (χ2n) is 7.71. The van der Waals surface area contributed by atoms with Crippen molar-refractivity contribution in [3.8, 4) is 11.5 Å². The number of thiophene rings is 1. The minimum absolute atomic E-state index is 0.0507. The molecule has 1 N–H and O–H groups in total. The van der Waals surface area contributed by atoms with Crippen LogP contribution in [0.5, 0.6) is 11.5 Å². The van der Waals surface area contributed by atoms with Crippen LogP contribution in [0, 0.1) is 5.92 Å². The van der Waals surface area contributed by atoms with E-state index in [0.717, 1.165) is 11.1 Å². The molecule has 7 heteroatoms. The standard InChI is InChI=1S/C25H26N2O4S/c1-30-18-10-11-22(31-2)19(13-18)20-15-27(25(29)23-9-6-12-32-23)16-21(20)24(28)26-14-17-7-4-3-5-8-17/h3-13,20-21H,14-16H2,1-2H3,(H,26,28)/t20-,21-/m1/s1. The third-order valence-corrected chi connectivity index (χ3v) is 6.68. The van der Waals surface area contributed by atoms with Gasteiger partial charge in [0.1, 0.15) is 11.5 Å². The number of carbonyl (C=O) groups excluding carboxylic acids is 2. The third-order valence-electron chi connectivity index (χ3n) is 5.82. The van der Waals surface area contributed by atoms with Gasteiger partial charge in [0.25, 0.3) is 5.91 Å². The van der Waals surface area contributed by atoms with Crippen molar-refractivity contribution in [3.63, 3.8) is 0 Å². The van der Waals surface area contributed by atoms with E-state index in [1.165, 1.54) is 11.3 Å². The third kappa shape index (κ3) is 4.62. The molecule has 1 aliphatic rings.